The van der Waals surface area contributed by atoms with Crippen LogP contribution in [0.25, 0.3) is 11.2 Å². The Hall–Kier alpha value is -3.57. The number of pyridine rings is 1. The van der Waals surface area contributed by atoms with E-state index in [1.54, 1.807) is 47.1 Å². The molecule has 0 radical (unpaired) electrons. The number of fused-ring (bicyclic) bond motifs is 2. The molecule has 13 atom stereocenters. The van der Waals surface area contributed by atoms with E-state index < -0.39 is 89.2 Å². The highest BCUT2D eigenvalue weighted by Crippen LogP contribution is 2.43. The second-order valence-corrected chi connectivity index (χ2v) is 16.7. The number of amides is 1. The molecule has 57 heavy (non-hydrogen) atoms. The number of carbonyl (C=O) groups is 4. The number of nitrogens with one attached hydrogen (secondary N) is 1. The summed E-state index contributed by atoms with van der Waals surface area (Å²) in [5.41, 5.74) is -4.69. The van der Waals surface area contributed by atoms with Gasteiger partial charge in [0.25, 0.3) is 5.67 Å². The minimum atomic E-state index is -3.17. The number of nitrogens with zero attached hydrogens (tertiary/aromatic N) is 4. The first-order valence-electron chi connectivity index (χ1n) is 20.3. The van der Waals surface area contributed by atoms with Gasteiger partial charge in [-0.25, -0.2) is 23.9 Å². The smallest absolute Gasteiger partial charge is 0.410 e. The number of likely N-dealkylation sites (N-methyl/N-ethyl adjacent to an activating group) is 1. The number of Topliss-reactive ketones (excluding diaryl/α,β-unsaturated/α-hetero) is 2. The van der Waals surface area contributed by atoms with E-state index in [4.69, 9.17) is 23.7 Å². The summed E-state index contributed by atoms with van der Waals surface area (Å²) in [4.78, 5) is 66.9. The summed E-state index contributed by atoms with van der Waals surface area (Å²) in [6, 6.07) is 2.38. The molecule has 0 spiro atoms. The Morgan fingerprint density at radius 1 is 1.04 bits per heavy atom. The van der Waals surface area contributed by atoms with Crippen LogP contribution in [0.15, 0.2) is 24.7 Å². The zero-order chi connectivity index (χ0) is 42.0. The number of methoxy groups -OCH3 is 1. The van der Waals surface area contributed by atoms with E-state index in [9.17, 15) is 24.3 Å². The summed E-state index contributed by atoms with van der Waals surface area (Å²) in [5, 5.41) is 14.6. The number of cyclic esters (lactones) is 1. The third-order valence-electron chi connectivity index (χ3n) is 12.4. The monoisotopic (exact) mass is 803 g/mol. The summed E-state index contributed by atoms with van der Waals surface area (Å²) in [7, 11) is 1.40. The van der Waals surface area contributed by atoms with Crippen LogP contribution in [-0.4, -0.2) is 128 Å². The lowest BCUT2D eigenvalue weighted by Gasteiger charge is -2.46. The molecule has 0 saturated carbocycles. The maximum absolute atomic E-state index is 16.9. The number of aromatic nitrogens is 3. The summed E-state index contributed by atoms with van der Waals surface area (Å²) in [6.07, 6.45) is -0.799. The molecular weight excluding hydrogens is 741 g/mol. The predicted octanol–water partition coefficient (Wildman–Crippen LogP) is 4.56. The van der Waals surface area contributed by atoms with Crippen LogP contribution in [0.5, 0.6) is 0 Å². The van der Waals surface area contributed by atoms with Gasteiger partial charge >= 0.3 is 12.1 Å². The highest BCUT2D eigenvalue weighted by Gasteiger charge is 2.61. The number of imidazole rings is 1. The van der Waals surface area contributed by atoms with Gasteiger partial charge in [-0.2, -0.15) is 0 Å². The van der Waals surface area contributed by atoms with Gasteiger partial charge in [-0.15, -0.1) is 0 Å². The van der Waals surface area contributed by atoms with E-state index in [1.807, 2.05) is 30.5 Å². The molecule has 2 aromatic heterocycles. The maximum atomic E-state index is 16.9. The second kappa shape index (κ2) is 17.7. The molecule has 0 aliphatic carbocycles. The van der Waals surface area contributed by atoms with Gasteiger partial charge < -0.3 is 43.6 Å². The standard InChI is InChI=1S/C41H62FN5O10/c1-11-29-41(9)32(47(38(52)57-41)19-14-13-18-46-22-45-27-16-15-17-44-35(27)46)25(5)30(48)23(3)21-39(7,53-10)34(26(6)33(50)40(8,42)37(51)55-29)56-36-31(49)28(43-12-2)20-24(4)54-36/h15-17,22-26,28-29,31-32,34,36,43,49H,11-14,18-21H2,1-10H3/t23-,24-,25+,26-,28+,29-,31+,32+,34-,36+,39-,40+,41-/m1/s1. The number of aryl methyl sites for hydroxylation is 1. The van der Waals surface area contributed by atoms with Crippen LogP contribution in [0.2, 0.25) is 0 Å². The number of ketones is 2. The van der Waals surface area contributed by atoms with Gasteiger partial charge in [-0.3, -0.25) is 9.59 Å². The molecule has 2 aromatic rings. The van der Waals surface area contributed by atoms with Crippen molar-refractivity contribution in [1.29, 1.82) is 0 Å². The van der Waals surface area contributed by atoms with Gasteiger partial charge in [-0.1, -0.05) is 34.6 Å². The largest absolute Gasteiger partial charge is 0.455 e. The third-order valence-corrected chi connectivity index (χ3v) is 12.4. The average molecular weight is 804 g/mol. The van der Waals surface area contributed by atoms with Crippen molar-refractivity contribution in [2.75, 3.05) is 20.2 Å². The number of halogens is 1. The van der Waals surface area contributed by atoms with Crippen LogP contribution in [0.3, 0.4) is 0 Å². The molecule has 1 amide bonds. The zero-order valence-electron chi connectivity index (χ0n) is 35.0. The lowest BCUT2D eigenvalue weighted by atomic mass is 9.73. The molecule has 5 rings (SSSR count). The van der Waals surface area contributed by atoms with Crippen molar-refractivity contribution >= 4 is 34.8 Å². The van der Waals surface area contributed by atoms with Gasteiger partial charge in [0.2, 0.25) is 0 Å². The van der Waals surface area contributed by atoms with E-state index in [2.05, 4.69) is 15.3 Å². The third kappa shape index (κ3) is 8.75. The van der Waals surface area contributed by atoms with Crippen molar-refractivity contribution in [3.05, 3.63) is 24.7 Å². The summed E-state index contributed by atoms with van der Waals surface area (Å²) >= 11 is 0. The number of esters is 1. The SMILES string of the molecule is CCN[C@H]1C[C@@H](C)O[C@@H](O[C@@H]2[C@H](C)C(=O)[C@](C)(F)C(=O)O[C@H](CC)[C@@]3(C)OC(=O)N(CCCCn4cnc5cccnc54)[C@H]3[C@@H](C)C(=O)[C@H](C)C[C@@]2(C)OC)[C@H]1O. The molecule has 15 nitrogen and oxygen atoms in total. The molecule has 16 heteroatoms. The first kappa shape index (κ1) is 44.5. The number of aliphatic hydroxyl groups is 1. The Kier molecular flexibility index (Phi) is 13.9. The van der Waals surface area contributed by atoms with Gasteiger partial charge in [0.05, 0.1) is 30.2 Å². The molecule has 3 aliphatic heterocycles. The van der Waals surface area contributed by atoms with Gasteiger partial charge in [0, 0.05) is 50.2 Å². The molecule has 2 N–H and O–H groups in total. The molecular formula is C41H62FN5O10. The van der Waals surface area contributed by atoms with Crippen molar-refractivity contribution in [2.24, 2.45) is 17.8 Å². The topological polar surface area (TPSA) is 181 Å². The van der Waals surface area contributed by atoms with Crippen LogP contribution in [0.1, 0.15) is 94.4 Å². The fraction of sp³-hybridized carbons (Fsp3) is 0.756. The molecule has 5 heterocycles. The number of carbonyl (C=O) groups excluding carboxylic acids is 4. The molecule has 0 aromatic carbocycles. The molecule has 0 bridgehead atoms. The molecule has 3 fully saturated rings. The van der Waals surface area contributed by atoms with Crippen LogP contribution in [0.4, 0.5) is 9.18 Å². The predicted molar refractivity (Wildman–Crippen MR) is 207 cm³/mol. The number of unbranched alkanes of at least 4 members (excludes halogenated alkanes) is 1. The van der Waals surface area contributed by atoms with Crippen molar-refractivity contribution in [3.8, 4) is 0 Å². The zero-order valence-corrected chi connectivity index (χ0v) is 35.0. The van der Waals surface area contributed by atoms with Gasteiger partial charge in [-0.05, 0) is 78.5 Å². The Bertz CT molecular complexity index is 1760. The van der Waals surface area contributed by atoms with E-state index in [0.29, 0.717) is 32.4 Å². The fourth-order valence-corrected chi connectivity index (χ4v) is 9.31. The Morgan fingerprint density at radius 3 is 2.40 bits per heavy atom. The van der Waals surface area contributed by atoms with Crippen LogP contribution < -0.4 is 5.32 Å². The highest BCUT2D eigenvalue weighted by molar-refractivity contribution is 6.08. The average Bonchev–Trinajstić information content (AvgIpc) is 3.71. The molecule has 318 valence electrons. The maximum Gasteiger partial charge on any atom is 0.410 e. The number of hydrogen-bond acceptors (Lipinski definition) is 13. The van der Waals surface area contributed by atoms with E-state index >= 15 is 4.39 Å². The fourth-order valence-electron chi connectivity index (χ4n) is 9.31. The van der Waals surface area contributed by atoms with Gasteiger partial charge in [0.1, 0.15) is 23.5 Å². The van der Waals surface area contributed by atoms with Crippen molar-refractivity contribution < 1.29 is 52.4 Å². The van der Waals surface area contributed by atoms with Gasteiger partial charge in [0.15, 0.2) is 23.3 Å². The second-order valence-electron chi connectivity index (χ2n) is 16.7. The summed E-state index contributed by atoms with van der Waals surface area (Å²) < 4.78 is 49.3. The van der Waals surface area contributed by atoms with Crippen molar-refractivity contribution in [3.63, 3.8) is 0 Å². The number of aliphatic hydroxyl groups excluding tert-OH is 1. The lowest BCUT2D eigenvalue weighted by Crippen LogP contribution is -2.62. The minimum Gasteiger partial charge on any atom is -0.455 e. The molecule has 3 aliphatic rings. The number of alkyl halides is 1. The lowest BCUT2D eigenvalue weighted by molar-refractivity contribution is -0.290. The van der Waals surface area contributed by atoms with E-state index in [1.165, 1.54) is 18.9 Å². The molecule has 3 saturated heterocycles. The normalized spacial score (nSPS) is 38.5. The van der Waals surface area contributed by atoms with Crippen LogP contribution in [-0.2, 0) is 44.6 Å². The first-order valence-corrected chi connectivity index (χ1v) is 20.3. The Morgan fingerprint density at radius 2 is 1.74 bits per heavy atom. The van der Waals surface area contributed by atoms with Crippen molar-refractivity contribution in [1.82, 2.24) is 24.8 Å². The first-order chi connectivity index (χ1) is 26.8. The van der Waals surface area contributed by atoms with E-state index in [0.717, 1.165) is 18.1 Å². The quantitative estimate of drug-likeness (QED) is 0.184. The highest BCUT2D eigenvalue weighted by atomic mass is 19.1. The Labute approximate surface area is 334 Å². The number of ether oxygens (including phenoxy) is 5. The number of hydrogen-bond donors (Lipinski definition) is 2. The van der Waals surface area contributed by atoms with E-state index in [-0.39, 0.29) is 31.3 Å². The number of rotatable bonds is 11. The minimum absolute atomic E-state index is 0.000242. The molecule has 0 unspecified atom stereocenters. The van der Waals surface area contributed by atoms with Crippen LogP contribution >= 0.6 is 0 Å². The van der Waals surface area contributed by atoms with Crippen LogP contribution in [0, 0.1) is 17.8 Å². The van der Waals surface area contributed by atoms with Crippen molar-refractivity contribution in [2.45, 2.75) is 161 Å². The Balaban J connectivity index is 1.49. The summed E-state index contributed by atoms with van der Waals surface area (Å²) in [6.45, 7) is 15.8. The summed E-state index contributed by atoms with van der Waals surface area (Å²) in [5.74, 6) is -5.78.